The van der Waals surface area contributed by atoms with Crippen LogP contribution in [-0.2, 0) is 14.8 Å². The van der Waals surface area contributed by atoms with Crippen molar-refractivity contribution in [2.45, 2.75) is 37.0 Å². The summed E-state index contributed by atoms with van der Waals surface area (Å²) in [6.07, 6.45) is 8.96. The highest BCUT2D eigenvalue weighted by Gasteiger charge is 2.28. The van der Waals surface area contributed by atoms with Crippen molar-refractivity contribution in [1.29, 1.82) is 0 Å². The Labute approximate surface area is 182 Å². The van der Waals surface area contributed by atoms with Gasteiger partial charge in [0.1, 0.15) is 10.6 Å². The predicted molar refractivity (Wildman–Crippen MR) is 115 cm³/mol. The molecule has 3 heterocycles. The second-order valence-corrected chi connectivity index (χ2v) is 9.82. The number of ether oxygens (including phenoxy) is 2. The molecule has 31 heavy (non-hydrogen) atoms. The number of nitrogens with zero attached hydrogens (tertiary/aromatic N) is 2. The van der Waals surface area contributed by atoms with Crippen molar-refractivity contribution in [2.75, 3.05) is 38.2 Å². The molecule has 2 aromatic heterocycles. The first-order valence-corrected chi connectivity index (χ1v) is 12.1. The number of nitrogens with one attached hydrogen (secondary N) is 2. The lowest BCUT2D eigenvalue weighted by molar-refractivity contribution is 0.0730. The normalized spacial score (nSPS) is 18.6. The summed E-state index contributed by atoms with van der Waals surface area (Å²) in [5.74, 6) is 0.864. The number of aromatic amines is 1. The molecule has 10 heteroatoms. The Morgan fingerprint density at radius 1 is 1.26 bits per heavy atom. The van der Waals surface area contributed by atoms with Crippen molar-refractivity contribution >= 4 is 21.7 Å². The Kier molecular flexibility index (Phi) is 6.89. The first-order valence-electron chi connectivity index (χ1n) is 10.7. The van der Waals surface area contributed by atoms with Gasteiger partial charge in [-0.25, -0.2) is 13.4 Å². The molecule has 1 aliphatic carbocycles. The van der Waals surface area contributed by atoms with E-state index in [4.69, 9.17) is 9.47 Å². The van der Waals surface area contributed by atoms with Gasteiger partial charge >= 0.3 is 0 Å². The summed E-state index contributed by atoms with van der Waals surface area (Å²) in [4.78, 5) is 19.8. The van der Waals surface area contributed by atoms with Gasteiger partial charge in [-0.1, -0.05) is 19.3 Å². The smallest absolute Gasteiger partial charge is 0.273 e. The van der Waals surface area contributed by atoms with E-state index in [1.54, 1.807) is 18.3 Å². The molecule has 168 valence electrons. The van der Waals surface area contributed by atoms with Crippen LogP contribution in [0.15, 0.2) is 35.5 Å². The Balaban J connectivity index is 1.42. The monoisotopic (exact) mass is 448 g/mol. The van der Waals surface area contributed by atoms with E-state index in [0.717, 1.165) is 12.8 Å². The van der Waals surface area contributed by atoms with Crippen LogP contribution in [0.5, 0.6) is 5.75 Å². The molecule has 2 fully saturated rings. The van der Waals surface area contributed by atoms with E-state index < -0.39 is 15.9 Å². The van der Waals surface area contributed by atoms with Crippen LogP contribution in [-0.4, -0.2) is 61.5 Å². The molecule has 1 saturated carbocycles. The molecule has 0 aromatic carbocycles. The number of hydrogen-bond acceptors (Lipinski definition) is 6. The number of carbonyl (C=O) groups excluding carboxylic acids is 1. The Morgan fingerprint density at radius 3 is 2.81 bits per heavy atom. The highest BCUT2D eigenvalue weighted by atomic mass is 32.2. The third kappa shape index (κ3) is 5.25. The van der Waals surface area contributed by atoms with Crippen molar-refractivity contribution in [3.8, 4) is 5.75 Å². The van der Waals surface area contributed by atoms with Crippen molar-refractivity contribution in [3.05, 3.63) is 36.3 Å². The zero-order chi connectivity index (χ0) is 21.7. The number of anilines is 1. The minimum Gasteiger partial charge on any atom is -0.489 e. The molecule has 2 aliphatic rings. The zero-order valence-electron chi connectivity index (χ0n) is 17.4. The lowest BCUT2D eigenvalue weighted by Gasteiger charge is -2.25. The fraction of sp³-hybridized carbons (Fsp3) is 0.524. The summed E-state index contributed by atoms with van der Waals surface area (Å²) in [7, 11) is -3.68. The van der Waals surface area contributed by atoms with Gasteiger partial charge in [-0.05, 0) is 37.0 Å². The number of rotatable bonds is 7. The van der Waals surface area contributed by atoms with E-state index in [-0.39, 0.29) is 10.6 Å². The summed E-state index contributed by atoms with van der Waals surface area (Å²) in [6, 6.07) is 4.87. The van der Waals surface area contributed by atoms with Crippen LogP contribution in [0.4, 0.5) is 5.82 Å². The fourth-order valence-corrected chi connectivity index (χ4v) is 5.33. The van der Waals surface area contributed by atoms with Crippen LogP contribution in [0.25, 0.3) is 0 Å². The summed E-state index contributed by atoms with van der Waals surface area (Å²) >= 11 is 0. The van der Waals surface area contributed by atoms with Gasteiger partial charge in [-0.2, -0.15) is 4.31 Å². The van der Waals surface area contributed by atoms with Crippen molar-refractivity contribution < 1.29 is 22.7 Å². The Morgan fingerprint density at radius 2 is 2.03 bits per heavy atom. The maximum absolute atomic E-state index is 12.8. The summed E-state index contributed by atoms with van der Waals surface area (Å²) in [5, 5.41) is 2.72. The van der Waals surface area contributed by atoms with E-state index >= 15 is 0 Å². The number of hydrogen-bond donors (Lipinski definition) is 2. The molecule has 0 bridgehead atoms. The fourth-order valence-electron chi connectivity index (χ4n) is 3.93. The van der Waals surface area contributed by atoms with Gasteiger partial charge in [-0.15, -0.1) is 0 Å². The van der Waals surface area contributed by atoms with E-state index in [1.807, 2.05) is 0 Å². The molecule has 1 aliphatic heterocycles. The minimum absolute atomic E-state index is 0.0503. The first kappa shape index (κ1) is 21.8. The molecule has 0 unspecified atom stereocenters. The Bertz CT molecular complexity index is 995. The lowest BCUT2D eigenvalue weighted by Crippen LogP contribution is -2.40. The molecule has 0 spiro atoms. The number of sulfonamides is 1. The molecule has 4 rings (SSSR count). The number of H-pyrrole nitrogens is 1. The number of pyridine rings is 1. The van der Waals surface area contributed by atoms with Crippen LogP contribution in [0.2, 0.25) is 0 Å². The first-order chi connectivity index (χ1) is 15.0. The van der Waals surface area contributed by atoms with Crippen LogP contribution >= 0.6 is 0 Å². The molecule has 0 atom stereocenters. The summed E-state index contributed by atoms with van der Waals surface area (Å²) < 4.78 is 38.0. The zero-order valence-corrected chi connectivity index (χ0v) is 18.2. The molecule has 2 N–H and O–H groups in total. The lowest BCUT2D eigenvalue weighted by atomic mass is 9.90. The van der Waals surface area contributed by atoms with Crippen LogP contribution in [0, 0.1) is 5.92 Å². The van der Waals surface area contributed by atoms with Gasteiger partial charge in [0.25, 0.3) is 5.91 Å². The van der Waals surface area contributed by atoms with Crippen LogP contribution < -0.4 is 10.1 Å². The molecule has 0 radical (unpaired) electrons. The van der Waals surface area contributed by atoms with E-state index in [0.29, 0.717) is 50.4 Å². The average molecular weight is 449 g/mol. The molecule has 1 saturated heterocycles. The standard InChI is InChI=1S/C21H28N4O5S/c26-21(18-13-17(14-23-18)31(27,28)25-9-11-29-12-10-25)24-20-19(7-4-8-22-20)30-15-16-5-2-1-3-6-16/h4,7-8,13-14,16,23H,1-3,5-6,9-12,15H2,(H,22,24,26). The van der Waals surface area contributed by atoms with Gasteiger partial charge < -0.3 is 19.8 Å². The van der Waals surface area contributed by atoms with E-state index in [9.17, 15) is 13.2 Å². The van der Waals surface area contributed by atoms with Gasteiger partial charge in [0.2, 0.25) is 10.0 Å². The summed E-state index contributed by atoms with van der Waals surface area (Å²) in [6.45, 7) is 1.91. The van der Waals surface area contributed by atoms with Gasteiger partial charge in [0, 0.05) is 25.5 Å². The number of aromatic nitrogens is 2. The number of amides is 1. The SMILES string of the molecule is O=C(Nc1ncccc1OCC1CCCCC1)c1cc(S(=O)(=O)N2CCOCC2)c[nH]1. The molecule has 1 amide bonds. The van der Waals surface area contributed by atoms with Crippen molar-refractivity contribution in [1.82, 2.24) is 14.3 Å². The minimum atomic E-state index is -3.68. The third-order valence-electron chi connectivity index (χ3n) is 5.71. The van der Waals surface area contributed by atoms with E-state index in [1.165, 1.54) is 35.8 Å². The van der Waals surface area contributed by atoms with Crippen molar-refractivity contribution in [2.24, 2.45) is 5.92 Å². The molecule has 9 nitrogen and oxygen atoms in total. The second-order valence-electron chi connectivity index (χ2n) is 7.88. The quantitative estimate of drug-likeness (QED) is 0.673. The van der Waals surface area contributed by atoms with Gasteiger partial charge in [0.15, 0.2) is 11.6 Å². The maximum atomic E-state index is 12.8. The maximum Gasteiger partial charge on any atom is 0.273 e. The largest absolute Gasteiger partial charge is 0.489 e. The number of morpholine rings is 1. The number of carbonyl (C=O) groups is 1. The molecular weight excluding hydrogens is 420 g/mol. The Hall–Kier alpha value is -2.43. The highest BCUT2D eigenvalue weighted by Crippen LogP contribution is 2.27. The highest BCUT2D eigenvalue weighted by molar-refractivity contribution is 7.89. The molecular formula is C21H28N4O5S. The third-order valence-corrected chi connectivity index (χ3v) is 7.59. The van der Waals surface area contributed by atoms with E-state index in [2.05, 4.69) is 15.3 Å². The van der Waals surface area contributed by atoms with Crippen LogP contribution in [0.3, 0.4) is 0 Å². The predicted octanol–water partition coefficient (Wildman–Crippen LogP) is 2.64. The van der Waals surface area contributed by atoms with Gasteiger partial charge in [-0.3, -0.25) is 4.79 Å². The molecule has 2 aromatic rings. The van der Waals surface area contributed by atoms with Crippen molar-refractivity contribution in [3.63, 3.8) is 0 Å². The average Bonchev–Trinajstić information content (AvgIpc) is 3.31. The van der Waals surface area contributed by atoms with Gasteiger partial charge in [0.05, 0.1) is 19.8 Å². The van der Waals surface area contributed by atoms with Crippen LogP contribution in [0.1, 0.15) is 42.6 Å². The summed E-state index contributed by atoms with van der Waals surface area (Å²) in [5.41, 5.74) is 0.135. The second kappa shape index (κ2) is 9.80. The topological polar surface area (TPSA) is 114 Å².